The number of hydrogen-bond donors (Lipinski definition) is 1. The molecule has 2 nitrogen and oxygen atoms in total. The Morgan fingerprint density at radius 2 is 1.25 bits per heavy atom. The molecule has 0 aliphatic heterocycles. The van der Waals surface area contributed by atoms with Gasteiger partial charge in [-0.25, -0.2) is 0 Å². The summed E-state index contributed by atoms with van der Waals surface area (Å²) in [6.07, 6.45) is 3.00. The van der Waals surface area contributed by atoms with Gasteiger partial charge in [-0.1, -0.05) is 102 Å². The average Bonchev–Trinajstić information content (AvgIpc) is 3.31. The van der Waals surface area contributed by atoms with E-state index in [1.807, 2.05) is 68.6 Å². The fourth-order valence-electron chi connectivity index (χ4n) is 3.70. The Morgan fingerprint density at radius 3 is 1.84 bits per heavy atom. The van der Waals surface area contributed by atoms with E-state index in [-0.39, 0.29) is 5.78 Å². The maximum atomic E-state index is 12.1. The summed E-state index contributed by atoms with van der Waals surface area (Å²) in [6, 6.07) is 34.5. The van der Waals surface area contributed by atoms with Gasteiger partial charge in [0, 0.05) is 28.2 Å². The lowest BCUT2D eigenvalue weighted by Crippen LogP contribution is -2.00. The van der Waals surface area contributed by atoms with Gasteiger partial charge < -0.3 is 4.98 Å². The lowest BCUT2D eigenvalue weighted by atomic mass is 10.0. The van der Waals surface area contributed by atoms with Gasteiger partial charge in [0.05, 0.1) is 0 Å². The Morgan fingerprint density at radius 1 is 0.656 bits per heavy atom. The number of aryl methyl sites for hydroxylation is 2. The number of H-pyrrole nitrogens is 1. The van der Waals surface area contributed by atoms with Crippen LogP contribution >= 0.6 is 0 Å². The van der Waals surface area contributed by atoms with Gasteiger partial charge in [0.15, 0.2) is 5.78 Å². The third kappa shape index (κ3) is 5.22. The second-order valence-corrected chi connectivity index (χ2v) is 8.08. The van der Waals surface area contributed by atoms with Crippen molar-refractivity contribution in [3.05, 3.63) is 143 Å². The van der Waals surface area contributed by atoms with Gasteiger partial charge in [0.1, 0.15) is 0 Å². The summed E-state index contributed by atoms with van der Waals surface area (Å²) in [5.74, 6) is 0.0833. The quantitative estimate of drug-likeness (QED) is 0.306. The number of carbonyl (C=O) groups excluding carboxylic acids is 1. The van der Waals surface area contributed by atoms with E-state index in [9.17, 15) is 4.79 Å². The number of aromatic nitrogens is 1. The van der Waals surface area contributed by atoms with Gasteiger partial charge >= 0.3 is 0 Å². The van der Waals surface area contributed by atoms with Crippen LogP contribution in [-0.2, 0) is 6.42 Å². The predicted molar refractivity (Wildman–Crippen MR) is 133 cm³/mol. The van der Waals surface area contributed by atoms with Gasteiger partial charge in [-0.05, 0) is 43.5 Å². The van der Waals surface area contributed by atoms with Crippen molar-refractivity contribution >= 4 is 16.7 Å². The van der Waals surface area contributed by atoms with Gasteiger partial charge in [-0.15, -0.1) is 0 Å². The molecular formula is C30H27NO. The highest BCUT2D eigenvalue weighted by molar-refractivity contribution is 6.08. The molecule has 158 valence electrons. The van der Waals surface area contributed by atoms with Crippen LogP contribution in [-0.4, -0.2) is 10.8 Å². The van der Waals surface area contributed by atoms with Crippen LogP contribution in [0.5, 0.6) is 0 Å². The highest BCUT2D eigenvalue weighted by atomic mass is 16.1. The average molecular weight is 418 g/mol. The van der Waals surface area contributed by atoms with Crippen molar-refractivity contribution in [1.29, 1.82) is 0 Å². The van der Waals surface area contributed by atoms with E-state index < -0.39 is 0 Å². The Balaban J connectivity index is 0.000000153. The highest BCUT2D eigenvalue weighted by Crippen LogP contribution is 2.20. The Bertz CT molecular complexity index is 1250. The Hall–Kier alpha value is -3.91. The number of aromatic amines is 1. The molecule has 0 saturated heterocycles. The minimum Gasteiger partial charge on any atom is -0.361 e. The molecule has 0 aliphatic rings. The molecule has 0 fully saturated rings. The first-order chi connectivity index (χ1) is 15.6. The van der Waals surface area contributed by atoms with Crippen molar-refractivity contribution < 1.29 is 4.79 Å². The zero-order chi connectivity index (χ0) is 22.3. The number of benzene rings is 4. The minimum absolute atomic E-state index is 0.0833. The molecule has 5 aromatic rings. The van der Waals surface area contributed by atoms with Crippen molar-refractivity contribution in [3.8, 4) is 0 Å². The monoisotopic (exact) mass is 417 g/mol. The molecule has 2 heteroatoms. The molecule has 0 unspecified atom stereocenters. The van der Waals surface area contributed by atoms with Crippen LogP contribution in [0, 0.1) is 13.8 Å². The molecular weight excluding hydrogens is 390 g/mol. The normalized spacial score (nSPS) is 10.4. The van der Waals surface area contributed by atoms with Crippen molar-refractivity contribution in [2.75, 3.05) is 0 Å². The predicted octanol–water partition coefficient (Wildman–Crippen LogP) is 7.29. The number of fused-ring (bicyclic) bond motifs is 1. The SMILES string of the molecule is Cc1ccc(C(=O)c2ccc(C)cc2)cc1.c1ccc(Cc2cccc3[nH]ccc23)cc1. The number of nitrogens with one attached hydrogen (secondary N) is 1. The largest absolute Gasteiger partial charge is 0.361 e. The van der Waals surface area contributed by atoms with Crippen LogP contribution in [0.3, 0.4) is 0 Å². The molecule has 1 heterocycles. The molecule has 0 radical (unpaired) electrons. The lowest BCUT2D eigenvalue weighted by Gasteiger charge is -2.03. The number of rotatable bonds is 4. The zero-order valence-corrected chi connectivity index (χ0v) is 18.5. The molecule has 0 saturated carbocycles. The van der Waals surface area contributed by atoms with Crippen LogP contribution in [0.25, 0.3) is 10.9 Å². The summed E-state index contributed by atoms with van der Waals surface area (Å²) < 4.78 is 0. The highest BCUT2D eigenvalue weighted by Gasteiger charge is 2.07. The van der Waals surface area contributed by atoms with Crippen LogP contribution in [0.1, 0.15) is 38.2 Å². The first-order valence-electron chi connectivity index (χ1n) is 10.9. The van der Waals surface area contributed by atoms with Crippen molar-refractivity contribution in [3.63, 3.8) is 0 Å². The van der Waals surface area contributed by atoms with Crippen LogP contribution < -0.4 is 0 Å². The zero-order valence-electron chi connectivity index (χ0n) is 18.5. The van der Waals surface area contributed by atoms with Gasteiger partial charge in [0.2, 0.25) is 0 Å². The summed E-state index contributed by atoms with van der Waals surface area (Å²) in [4.78, 5) is 15.3. The van der Waals surface area contributed by atoms with Gasteiger partial charge in [-0.3, -0.25) is 4.79 Å². The topological polar surface area (TPSA) is 32.9 Å². The van der Waals surface area contributed by atoms with E-state index in [1.54, 1.807) is 0 Å². The standard InChI is InChI=1S/C15H13N.C15H14O/c1-2-5-12(6-3-1)11-13-7-4-8-15-14(13)9-10-16-15;1-11-3-7-13(8-4-11)15(16)14-9-5-12(2)6-10-14/h1-10,16H,11H2;3-10H,1-2H3. The summed E-state index contributed by atoms with van der Waals surface area (Å²) in [5, 5.41) is 1.33. The summed E-state index contributed by atoms with van der Waals surface area (Å²) in [7, 11) is 0. The summed E-state index contributed by atoms with van der Waals surface area (Å²) >= 11 is 0. The first kappa shape index (κ1) is 21.3. The van der Waals surface area contributed by atoms with E-state index in [4.69, 9.17) is 0 Å². The molecule has 32 heavy (non-hydrogen) atoms. The van der Waals surface area contributed by atoms with Gasteiger partial charge in [-0.2, -0.15) is 0 Å². The molecule has 1 aromatic heterocycles. The molecule has 5 rings (SSSR count). The van der Waals surface area contributed by atoms with E-state index in [0.29, 0.717) is 0 Å². The second kappa shape index (κ2) is 9.93. The fraction of sp³-hybridized carbons (Fsp3) is 0.100. The fourth-order valence-corrected chi connectivity index (χ4v) is 3.70. The van der Waals surface area contributed by atoms with E-state index in [2.05, 4.69) is 59.6 Å². The van der Waals surface area contributed by atoms with Crippen LogP contribution in [0.15, 0.2) is 109 Å². The van der Waals surface area contributed by atoms with Crippen LogP contribution in [0.2, 0.25) is 0 Å². The molecule has 0 atom stereocenters. The number of hydrogen-bond acceptors (Lipinski definition) is 1. The first-order valence-corrected chi connectivity index (χ1v) is 10.9. The minimum atomic E-state index is 0.0833. The molecule has 0 spiro atoms. The maximum Gasteiger partial charge on any atom is 0.193 e. The lowest BCUT2D eigenvalue weighted by molar-refractivity contribution is 0.103. The van der Waals surface area contributed by atoms with E-state index >= 15 is 0 Å². The third-order valence-electron chi connectivity index (χ3n) is 5.55. The molecule has 4 aromatic carbocycles. The molecule has 0 amide bonds. The molecule has 0 aliphatic carbocycles. The third-order valence-corrected chi connectivity index (χ3v) is 5.55. The maximum absolute atomic E-state index is 12.1. The summed E-state index contributed by atoms with van der Waals surface area (Å²) in [6.45, 7) is 4.03. The number of carbonyl (C=O) groups is 1. The van der Waals surface area contributed by atoms with E-state index in [1.165, 1.54) is 33.2 Å². The van der Waals surface area contributed by atoms with Gasteiger partial charge in [0.25, 0.3) is 0 Å². The summed E-state index contributed by atoms with van der Waals surface area (Å²) in [5.41, 5.74) is 7.78. The Kier molecular flexibility index (Phi) is 6.62. The van der Waals surface area contributed by atoms with Crippen molar-refractivity contribution in [2.24, 2.45) is 0 Å². The number of ketones is 1. The van der Waals surface area contributed by atoms with E-state index in [0.717, 1.165) is 17.5 Å². The molecule has 1 N–H and O–H groups in total. The molecule has 0 bridgehead atoms. The Labute approximate surface area is 189 Å². The van der Waals surface area contributed by atoms with Crippen molar-refractivity contribution in [2.45, 2.75) is 20.3 Å². The van der Waals surface area contributed by atoms with Crippen LogP contribution in [0.4, 0.5) is 0 Å². The van der Waals surface area contributed by atoms with Crippen molar-refractivity contribution in [1.82, 2.24) is 4.98 Å². The smallest absolute Gasteiger partial charge is 0.193 e. The second-order valence-electron chi connectivity index (χ2n) is 8.08.